The minimum atomic E-state index is -0.340. The van der Waals surface area contributed by atoms with Gasteiger partial charge in [0, 0.05) is 14.7 Å². The molecule has 0 aliphatic carbocycles. The first-order valence-corrected chi connectivity index (χ1v) is 12.5. The highest BCUT2D eigenvalue weighted by atomic mass is 33.4. The molecule has 0 spiro atoms. The molecule has 0 aliphatic rings. The Labute approximate surface area is 145 Å². The van der Waals surface area contributed by atoms with Gasteiger partial charge >= 0.3 is 0 Å². The second kappa shape index (κ2) is 8.69. The van der Waals surface area contributed by atoms with Gasteiger partial charge in [-0.2, -0.15) is 0 Å². The van der Waals surface area contributed by atoms with E-state index in [9.17, 15) is 0 Å². The van der Waals surface area contributed by atoms with Crippen molar-refractivity contribution in [3.8, 4) is 0 Å². The van der Waals surface area contributed by atoms with Crippen molar-refractivity contribution in [3.63, 3.8) is 0 Å². The summed E-state index contributed by atoms with van der Waals surface area (Å²) in [6.07, 6.45) is 0. The van der Waals surface area contributed by atoms with Crippen LogP contribution in [0.1, 0.15) is 0 Å². The largest absolute Gasteiger partial charge is 0.0876 e. The van der Waals surface area contributed by atoms with E-state index in [1.54, 1.807) is 0 Å². The molecule has 0 amide bonds. The smallest absolute Gasteiger partial charge is 0.0754 e. The molecule has 0 N–H and O–H groups in total. The van der Waals surface area contributed by atoms with Gasteiger partial charge in [-0.15, -0.1) is 0 Å². The fourth-order valence-corrected chi connectivity index (χ4v) is 11.9. The Hall–Kier alpha value is -0.860. The van der Waals surface area contributed by atoms with E-state index in [0.717, 1.165) is 0 Å². The molecule has 0 saturated heterocycles. The van der Waals surface area contributed by atoms with Crippen molar-refractivity contribution in [2.45, 2.75) is 14.7 Å². The van der Waals surface area contributed by atoms with E-state index in [2.05, 4.69) is 91.0 Å². The lowest BCUT2D eigenvalue weighted by atomic mass is 10.4. The molecule has 0 fully saturated rings. The highest BCUT2D eigenvalue weighted by Crippen LogP contribution is 2.75. The highest BCUT2D eigenvalue weighted by Gasteiger charge is 2.14. The van der Waals surface area contributed by atoms with Crippen LogP contribution in [0.3, 0.4) is 0 Å². The van der Waals surface area contributed by atoms with Crippen molar-refractivity contribution in [1.82, 2.24) is 0 Å². The summed E-state index contributed by atoms with van der Waals surface area (Å²) in [6.45, 7) is 0. The fraction of sp³-hybridized carbons (Fsp3) is 0. The molecule has 0 unspecified atom stereocenters. The van der Waals surface area contributed by atoms with E-state index in [1.807, 2.05) is 34.1 Å². The maximum Gasteiger partial charge on any atom is 0.0876 e. The SMILES string of the molecule is c1ccc(SP(Sc2ccccc2)Sc2ccccc2)cc1. The second-order valence-corrected chi connectivity index (χ2v) is 13.9. The van der Waals surface area contributed by atoms with Crippen molar-refractivity contribution in [3.05, 3.63) is 91.0 Å². The van der Waals surface area contributed by atoms with Crippen LogP contribution >= 0.6 is 39.7 Å². The van der Waals surface area contributed by atoms with Crippen LogP contribution in [-0.2, 0) is 0 Å². The maximum absolute atomic E-state index is 2.19. The molecule has 3 aromatic carbocycles. The van der Waals surface area contributed by atoms with Gasteiger partial charge in [0.1, 0.15) is 0 Å². The van der Waals surface area contributed by atoms with Gasteiger partial charge in [0.15, 0.2) is 0 Å². The molecule has 0 bridgehead atoms. The lowest BCUT2D eigenvalue weighted by Crippen LogP contribution is -1.70. The van der Waals surface area contributed by atoms with Crippen LogP contribution in [-0.4, -0.2) is 0 Å². The molecule has 0 heterocycles. The van der Waals surface area contributed by atoms with Gasteiger partial charge < -0.3 is 0 Å². The predicted octanol–water partition coefficient (Wildman–Crippen LogP) is 7.59. The van der Waals surface area contributed by atoms with Crippen LogP contribution in [0.25, 0.3) is 0 Å². The first kappa shape index (κ1) is 16.0. The zero-order chi connectivity index (χ0) is 15.0. The van der Waals surface area contributed by atoms with E-state index in [-0.39, 0.29) is 5.53 Å². The van der Waals surface area contributed by atoms with Gasteiger partial charge in [0.25, 0.3) is 0 Å². The number of hydrogen-bond acceptors (Lipinski definition) is 3. The summed E-state index contributed by atoms with van der Waals surface area (Å²) in [7, 11) is 0. The monoisotopic (exact) mass is 358 g/mol. The molecule has 0 radical (unpaired) electrons. The van der Waals surface area contributed by atoms with Crippen LogP contribution in [0.2, 0.25) is 0 Å². The van der Waals surface area contributed by atoms with E-state index in [1.165, 1.54) is 14.7 Å². The second-order valence-electron chi connectivity index (χ2n) is 4.44. The van der Waals surface area contributed by atoms with Gasteiger partial charge in [-0.1, -0.05) is 88.7 Å². The molecule has 3 rings (SSSR count). The van der Waals surface area contributed by atoms with Gasteiger partial charge in [0.2, 0.25) is 0 Å². The average molecular weight is 358 g/mol. The van der Waals surface area contributed by atoms with Crippen molar-refractivity contribution < 1.29 is 0 Å². The first-order chi connectivity index (χ1) is 10.9. The quantitative estimate of drug-likeness (QED) is 0.417. The molecule has 0 aliphatic heterocycles. The summed E-state index contributed by atoms with van der Waals surface area (Å²) >= 11 is 5.91. The highest BCUT2D eigenvalue weighted by molar-refractivity contribution is 9.12. The summed E-state index contributed by atoms with van der Waals surface area (Å²) in [5, 5.41) is 0. The molecular formula is C18H15PS3. The summed E-state index contributed by atoms with van der Waals surface area (Å²) in [4.78, 5) is 4.00. The van der Waals surface area contributed by atoms with Gasteiger partial charge in [0.05, 0.1) is 5.53 Å². The normalized spacial score (nSPS) is 10.8. The Morgan fingerprint density at radius 3 is 0.955 bits per heavy atom. The first-order valence-electron chi connectivity index (χ1n) is 6.89. The van der Waals surface area contributed by atoms with Crippen molar-refractivity contribution >= 4 is 39.7 Å². The van der Waals surface area contributed by atoms with Crippen LogP contribution in [0, 0.1) is 0 Å². The standard InChI is InChI=1S/C18H15PS3/c1-4-10-16(11-5-1)20-19(21-17-12-6-2-7-13-17)22-18-14-8-3-9-15-18/h1-15H. The summed E-state index contributed by atoms with van der Waals surface area (Å²) in [5.41, 5.74) is -0.340. The third kappa shape index (κ3) is 5.10. The summed E-state index contributed by atoms with van der Waals surface area (Å²) < 4.78 is 0. The lowest BCUT2D eigenvalue weighted by molar-refractivity contribution is 1.47. The van der Waals surface area contributed by atoms with E-state index < -0.39 is 0 Å². The molecule has 4 heteroatoms. The minimum absolute atomic E-state index is 0.340. The van der Waals surface area contributed by atoms with E-state index >= 15 is 0 Å². The zero-order valence-electron chi connectivity index (χ0n) is 11.8. The van der Waals surface area contributed by atoms with Crippen LogP contribution in [0.4, 0.5) is 0 Å². The van der Waals surface area contributed by atoms with Crippen LogP contribution in [0.5, 0.6) is 0 Å². The van der Waals surface area contributed by atoms with E-state index in [0.29, 0.717) is 0 Å². The van der Waals surface area contributed by atoms with Crippen molar-refractivity contribution in [2.75, 3.05) is 0 Å². The molecule has 0 nitrogen and oxygen atoms in total. The molecule has 22 heavy (non-hydrogen) atoms. The number of benzene rings is 3. The van der Waals surface area contributed by atoms with Crippen LogP contribution < -0.4 is 0 Å². The van der Waals surface area contributed by atoms with E-state index in [4.69, 9.17) is 0 Å². The van der Waals surface area contributed by atoms with Crippen molar-refractivity contribution in [2.24, 2.45) is 0 Å². The molecular weight excluding hydrogens is 343 g/mol. The average Bonchev–Trinajstić information content (AvgIpc) is 2.57. The Bertz CT molecular complexity index is 576. The third-order valence-electron chi connectivity index (χ3n) is 2.77. The van der Waals surface area contributed by atoms with Gasteiger partial charge in [-0.3, -0.25) is 0 Å². The van der Waals surface area contributed by atoms with Gasteiger partial charge in [-0.25, -0.2) is 0 Å². The number of hydrogen-bond donors (Lipinski definition) is 0. The molecule has 0 atom stereocenters. The Kier molecular flexibility index (Phi) is 6.32. The maximum atomic E-state index is 2.19. The fourth-order valence-electron chi connectivity index (χ4n) is 1.76. The van der Waals surface area contributed by atoms with Crippen molar-refractivity contribution in [1.29, 1.82) is 0 Å². The Morgan fingerprint density at radius 2 is 0.682 bits per heavy atom. The molecule has 0 aromatic heterocycles. The van der Waals surface area contributed by atoms with Crippen LogP contribution in [0.15, 0.2) is 106 Å². The third-order valence-corrected chi connectivity index (χ3v) is 11.9. The van der Waals surface area contributed by atoms with Gasteiger partial charge in [-0.05, 0) is 36.4 Å². The topological polar surface area (TPSA) is 0 Å². The lowest BCUT2D eigenvalue weighted by Gasteiger charge is -2.15. The Morgan fingerprint density at radius 1 is 0.409 bits per heavy atom. The predicted molar refractivity (Wildman–Crippen MR) is 104 cm³/mol. The summed E-state index contributed by atoms with van der Waals surface area (Å²) in [6, 6.07) is 32.0. The summed E-state index contributed by atoms with van der Waals surface area (Å²) in [5.74, 6) is 0. The minimum Gasteiger partial charge on any atom is -0.0754 e. The molecule has 0 saturated carbocycles. The zero-order valence-corrected chi connectivity index (χ0v) is 15.2. The molecule has 3 aromatic rings. The number of rotatable bonds is 6. The molecule has 110 valence electrons. The Balaban J connectivity index is 1.75.